The van der Waals surface area contributed by atoms with Crippen molar-refractivity contribution in [2.75, 3.05) is 33.7 Å². The first kappa shape index (κ1) is 18.2. The van der Waals surface area contributed by atoms with E-state index in [0.717, 1.165) is 26.1 Å². The number of carbonyl (C=O) groups excluding carboxylic acids is 1. The highest BCUT2D eigenvalue weighted by molar-refractivity contribution is 5.69. The lowest BCUT2D eigenvalue weighted by Crippen LogP contribution is -2.63. The van der Waals surface area contributed by atoms with Crippen molar-refractivity contribution in [3.05, 3.63) is 0 Å². The van der Waals surface area contributed by atoms with Crippen molar-refractivity contribution in [2.24, 2.45) is 5.92 Å². The molecule has 1 heterocycles. The molecule has 0 aliphatic carbocycles. The molecule has 0 bridgehead atoms. The Hall–Kier alpha value is -0.810. The standard InChI is InChI=1S/C16H33N3O2/c1-12(2)8-13(9-18(6)7)17-14-10-19(11-14)15(20)21-16(3,4)5/h12-14,17H,8-11H2,1-7H3. The summed E-state index contributed by atoms with van der Waals surface area (Å²) in [6.07, 6.45) is 0.953. The number of nitrogens with one attached hydrogen (secondary N) is 1. The van der Waals surface area contributed by atoms with Crippen molar-refractivity contribution in [3.8, 4) is 0 Å². The Balaban J connectivity index is 2.36. The van der Waals surface area contributed by atoms with E-state index in [9.17, 15) is 4.79 Å². The summed E-state index contributed by atoms with van der Waals surface area (Å²) in [5.74, 6) is 0.671. The maximum atomic E-state index is 11.9. The average molecular weight is 299 g/mol. The molecule has 1 unspecified atom stereocenters. The monoisotopic (exact) mass is 299 g/mol. The molecule has 1 fully saturated rings. The molecule has 0 aromatic rings. The topological polar surface area (TPSA) is 44.8 Å². The van der Waals surface area contributed by atoms with Crippen molar-refractivity contribution in [3.63, 3.8) is 0 Å². The molecule has 124 valence electrons. The van der Waals surface area contributed by atoms with E-state index in [1.54, 1.807) is 4.90 Å². The number of likely N-dealkylation sites (N-methyl/N-ethyl adjacent to an activating group) is 1. The van der Waals surface area contributed by atoms with Gasteiger partial charge in [-0.3, -0.25) is 0 Å². The maximum absolute atomic E-state index is 11.9. The molecule has 0 saturated carbocycles. The van der Waals surface area contributed by atoms with Gasteiger partial charge in [0.1, 0.15) is 5.60 Å². The summed E-state index contributed by atoms with van der Waals surface area (Å²) in [4.78, 5) is 15.9. The van der Waals surface area contributed by atoms with Gasteiger partial charge < -0.3 is 19.9 Å². The number of carbonyl (C=O) groups is 1. The zero-order valence-corrected chi connectivity index (χ0v) is 14.8. The van der Waals surface area contributed by atoms with Gasteiger partial charge in [0.05, 0.1) is 0 Å². The zero-order valence-electron chi connectivity index (χ0n) is 14.8. The van der Waals surface area contributed by atoms with Crippen LogP contribution in [0.4, 0.5) is 4.79 Å². The van der Waals surface area contributed by atoms with Gasteiger partial charge in [-0.1, -0.05) is 13.8 Å². The highest BCUT2D eigenvalue weighted by Gasteiger charge is 2.34. The number of amides is 1. The van der Waals surface area contributed by atoms with Crippen LogP contribution in [0.3, 0.4) is 0 Å². The lowest BCUT2D eigenvalue weighted by atomic mass is 10.0. The minimum atomic E-state index is -0.416. The van der Waals surface area contributed by atoms with Crippen molar-refractivity contribution in [2.45, 2.75) is 58.7 Å². The van der Waals surface area contributed by atoms with E-state index in [0.29, 0.717) is 18.0 Å². The predicted octanol–water partition coefficient (Wildman–Crippen LogP) is 2.17. The van der Waals surface area contributed by atoms with Gasteiger partial charge in [-0.25, -0.2) is 4.79 Å². The molecule has 5 heteroatoms. The first-order valence-corrected chi connectivity index (χ1v) is 7.95. The summed E-state index contributed by atoms with van der Waals surface area (Å²) < 4.78 is 5.38. The molecule has 1 aliphatic heterocycles. The summed E-state index contributed by atoms with van der Waals surface area (Å²) in [6.45, 7) is 12.7. The van der Waals surface area contributed by atoms with Gasteiger partial charge in [-0.15, -0.1) is 0 Å². The fourth-order valence-electron chi connectivity index (χ4n) is 2.60. The fourth-order valence-corrected chi connectivity index (χ4v) is 2.60. The maximum Gasteiger partial charge on any atom is 0.410 e. The highest BCUT2D eigenvalue weighted by Crippen LogP contribution is 2.16. The third-order valence-corrected chi connectivity index (χ3v) is 3.35. The molecule has 1 saturated heterocycles. The Morgan fingerprint density at radius 3 is 2.33 bits per heavy atom. The molecule has 5 nitrogen and oxygen atoms in total. The van der Waals surface area contributed by atoms with E-state index in [1.165, 1.54) is 0 Å². The summed E-state index contributed by atoms with van der Waals surface area (Å²) in [5.41, 5.74) is -0.416. The molecule has 1 rings (SSSR count). The SMILES string of the molecule is CC(C)CC(CN(C)C)NC1CN(C(=O)OC(C)(C)C)C1. The Bertz CT molecular complexity index is 321. The molecule has 0 aromatic carbocycles. The Labute approximate surface area is 130 Å². The van der Waals surface area contributed by atoms with Gasteiger partial charge in [0.15, 0.2) is 0 Å². The second-order valence-corrected chi connectivity index (χ2v) is 7.84. The third kappa shape index (κ3) is 7.14. The van der Waals surface area contributed by atoms with E-state index in [4.69, 9.17) is 4.74 Å². The molecule has 0 spiro atoms. The van der Waals surface area contributed by atoms with Crippen LogP contribution in [0.5, 0.6) is 0 Å². The summed E-state index contributed by atoms with van der Waals surface area (Å²) in [7, 11) is 4.20. The third-order valence-electron chi connectivity index (χ3n) is 3.35. The molecule has 1 atom stereocenters. The van der Waals surface area contributed by atoms with Gasteiger partial charge in [0.2, 0.25) is 0 Å². The van der Waals surface area contributed by atoms with Gasteiger partial charge in [-0.2, -0.15) is 0 Å². The molecular weight excluding hydrogens is 266 g/mol. The van der Waals surface area contributed by atoms with Gasteiger partial charge in [0.25, 0.3) is 0 Å². The van der Waals surface area contributed by atoms with Crippen molar-refractivity contribution in [1.29, 1.82) is 0 Å². The average Bonchev–Trinajstić information content (AvgIpc) is 2.17. The molecule has 0 radical (unpaired) electrons. The lowest BCUT2D eigenvalue weighted by Gasteiger charge is -2.42. The molecule has 1 aliphatic rings. The fraction of sp³-hybridized carbons (Fsp3) is 0.938. The highest BCUT2D eigenvalue weighted by atomic mass is 16.6. The van der Waals surface area contributed by atoms with Crippen LogP contribution in [0.15, 0.2) is 0 Å². The Morgan fingerprint density at radius 2 is 1.90 bits per heavy atom. The van der Waals surface area contributed by atoms with Crippen molar-refractivity contribution >= 4 is 6.09 Å². The molecule has 1 N–H and O–H groups in total. The quantitative estimate of drug-likeness (QED) is 0.816. The van der Waals surface area contributed by atoms with Crippen LogP contribution in [0.1, 0.15) is 41.0 Å². The van der Waals surface area contributed by atoms with Crippen LogP contribution >= 0.6 is 0 Å². The van der Waals surface area contributed by atoms with E-state index in [2.05, 4.69) is 38.2 Å². The van der Waals surface area contributed by atoms with E-state index < -0.39 is 5.60 Å². The Morgan fingerprint density at radius 1 is 1.33 bits per heavy atom. The number of hydrogen-bond acceptors (Lipinski definition) is 4. The van der Waals surface area contributed by atoms with Crippen molar-refractivity contribution in [1.82, 2.24) is 15.1 Å². The number of nitrogens with zero attached hydrogens (tertiary/aromatic N) is 2. The predicted molar refractivity (Wildman–Crippen MR) is 86.5 cm³/mol. The minimum Gasteiger partial charge on any atom is -0.444 e. The normalized spacial score (nSPS) is 18.0. The number of likely N-dealkylation sites (tertiary alicyclic amines) is 1. The van der Waals surface area contributed by atoms with E-state index in [1.807, 2.05) is 20.8 Å². The van der Waals surface area contributed by atoms with Crippen LogP contribution < -0.4 is 5.32 Å². The molecular formula is C16H33N3O2. The van der Waals surface area contributed by atoms with E-state index >= 15 is 0 Å². The largest absolute Gasteiger partial charge is 0.444 e. The van der Waals surface area contributed by atoms with Crippen LogP contribution in [-0.2, 0) is 4.74 Å². The second kappa shape index (κ2) is 7.45. The van der Waals surface area contributed by atoms with Crippen molar-refractivity contribution < 1.29 is 9.53 Å². The van der Waals surface area contributed by atoms with Crippen LogP contribution in [-0.4, -0.2) is 67.3 Å². The first-order chi connectivity index (χ1) is 9.56. The minimum absolute atomic E-state index is 0.200. The summed E-state index contributed by atoms with van der Waals surface area (Å²) >= 11 is 0. The van der Waals surface area contributed by atoms with Crippen LogP contribution in [0.25, 0.3) is 0 Å². The first-order valence-electron chi connectivity index (χ1n) is 7.95. The number of ether oxygens (including phenoxy) is 1. The summed E-state index contributed by atoms with van der Waals surface area (Å²) in [5, 5.41) is 3.67. The lowest BCUT2D eigenvalue weighted by molar-refractivity contribution is 0.00353. The molecule has 0 aromatic heterocycles. The van der Waals surface area contributed by atoms with E-state index in [-0.39, 0.29) is 6.09 Å². The Kier molecular flexibility index (Phi) is 6.47. The van der Waals surface area contributed by atoms with Gasteiger partial charge in [0, 0.05) is 31.7 Å². The second-order valence-electron chi connectivity index (χ2n) is 7.84. The number of rotatable bonds is 6. The molecule has 1 amide bonds. The smallest absolute Gasteiger partial charge is 0.410 e. The van der Waals surface area contributed by atoms with Crippen LogP contribution in [0.2, 0.25) is 0 Å². The zero-order chi connectivity index (χ0) is 16.2. The number of hydrogen-bond donors (Lipinski definition) is 1. The van der Waals surface area contributed by atoms with Gasteiger partial charge >= 0.3 is 6.09 Å². The molecule has 21 heavy (non-hydrogen) atoms. The summed E-state index contributed by atoms with van der Waals surface area (Å²) in [6, 6.07) is 0.868. The van der Waals surface area contributed by atoms with Gasteiger partial charge in [-0.05, 0) is 47.2 Å². The van der Waals surface area contributed by atoms with Crippen LogP contribution in [0, 0.1) is 5.92 Å².